The molecule has 0 aliphatic carbocycles. The predicted molar refractivity (Wildman–Crippen MR) is 181 cm³/mol. The second-order valence-corrected chi connectivity index (χ2v) is 12.3. The van der Waals surface area contributed by atoms with Crippen LogP contribution in [0.25, 0.3) is 65.3 Å². The zero-order valence-corrected chi connectivity index (χ0v) is 25.6. The van der Waals surface area contributed by atoms with Crippen LogP contribution in [0.2, 0.25) is 0 Å². The van der Waals surface area contributed by atoms with Crippen LogP contribution in [0.4, 0.5) is 0 Å². The molecule has 8 aromatic rings. The van der Waals surface area contributed by atoms with Crippen molar-refractivity contribution in [1.29, 1.82) is 0 Å². The van der Waals surface area contributed by atoms with Crippen LogP contribution in [0.5, 0.6) is 0 Å². The molecule has 0 radical (unpaired) electrons. The molecule has 0 aromatic heterocycles. The number of hydrogen-bond donors (Lipinski definition) is 0. The molecule has 0 bridgehead atoms. The van der Waals surface area contributed by atoms with E-state index in [9.17, 15) is 0 Å². The summed E-state index contributed by atoms with van der Waals surface area (Å²) in [4.78, 5) is 0. The van der Waals surface area contributed by atoms with Gasteiger partial charge in [-0.1, -0.05) is 108 Å². The average molecular weight is 573 g/mol. The largest absolute Gasteiger partial charge is 0.168 e. The number of fused-ring (bicyclic) bond motifs is 4. The molecule has 0 aliphatic rings. The Kier molecular flexibility index (Phi) is 8.38. The molecule has 0 atom stereocenters. The third-order valence-corrected chi connectivity index (χ3v) is 7.52. The first-order chi connectivity index (χ1) is 20.6. The van der Waals surface area contributed by atoms with Gasteiger partial charge in [0.05, 0.1) is 0 Å². The van der Waals surface area contributed by atoms with E-state index < -0.39 is 0 Å². The second-order valence-electron chi connectivity index (χ2n) is 10.7. The summed E-state index contributed by atoms with van der Waals surface area (Å²) in [6.45, 7) is 4.17. The Labute approximate surface area is 259 Å². The SMILES string of the molecule is C[C](C)=[Ti+2].c1ccc2c(-c3cccc4[cH-]ccc34)cccc2c1.c1ccc2c(-c3cccc4[cH-]ccc34)cccc2c1. The van der Waals surface area contributed by atoms with Crippen molar-refractivity contribution >= 4 is 46.9 Å². The Morgan fingerprint density at radius 1 is 0.405 bits per heavy atom. The molecule has 1 heteroatoms. The van der Waals surface area contributed by atoms with Crippen LogP contribution in [0.1, 0.15) is 13.8 Å². The molecule has 0 aliphatic heterocycles. The minimum Gasteiger partial charge on any atom is -0.168 e. The Morgan fingerprint density at radius 2 is 0.738 bits per heavy atom. The van der Waals surface area contributed by atoms with Gasteiger partial charge < -0.3 is 0 Å². The quantitative estimate of drug-likeness (QED) is 0.143. The van der Waals surface area contributed by atoms with Crippen LogP contribution < -0.4 is 0 Å². The molecule has 8 rings (SSSR count). The second kappa shape index (κ2) is 12.7. The Bertz CT molecular complexity index is 1970. The van der Waals surface area contributed by atoms with Crippen LogP contribution in [-0.4, -0.2) is 3.81 Å². The molecule has 0 saturated carbocycles. The van der Waals surface area contributed by atoms with Gasteiger partial charge >= 0.3 is 37.6 Å². The van der Waals surface area contributed by atoms with E-state index in [1.807, 2.05) is 0 Å². The fourth-order valence-corrected chi connectivity index (χ4v) is 5.72. The van der Waals surface area contributed by atoms with Crippen LogP contribution in [0, 0.1) is 0 Å². The average Bonchev–Trinajstić information content (AvgIpc) is 3.71. The Balaban J connectivity index is 0.000000134. The summed E-state index contributed by atoms with van der Waals surface area (Å²) in [5.74, 6) is 0. The number of hydrogen-bond acceptors (Lipinski definition) is 0. The summed E-state index contributed by atoms with van der Waals surface area (Å²) >= 11 is 2.08. The van der Waals surface area contributed by atoms with E-state index in [0.717, 1.165) is 0 Å². The van der Waals surface area contributed by atoms with Crippen LogP contribution >= 0.6 is 0 Å². The van der Waals surface area contributed by atoms with Crippen LogP contribution in [0.3, 0.4) is 0 Å². The summed E-state index contributed by atoms with van der Waals surface area (Å²) in [7, 11) is 0. The summed E-state index contributed by atoms with van der Waals surface area (Å²) in [6.07, 6.45) is 0. The number of rotatable bonds is 2. The minimum atomic E-state index is 1.29. The van der Waals surface area contributed by atoms with Gasteiger partial charge in [0, 0.05) is 0 Å². The van der Waals surface area contributed by atoms with Gasteiger partial charge in [-0.2, -0.15) is 24.3 Å². The standard InChI is InChI=1S/2C19H13.C3H6.Ti/c2*1-2-10-16-14(6-1)8-4-12-18(16)19-13-5-9-15-7-3-11-17(15)19;1-3-2;/h2*1-13H;1-2H3;/q2*-1;;+2. The van der Waals surface area contributed by atoms with Crippen molar-refractivity contribution in [3.8, 4) is 22.3 Å². The van der Waals surface area contributed by atoms with Crippen molar-refractivity contribution in [2.75, 3.05) is 0 Å². The first-order valence-electron chi connectivity index (χ1n) is 14.4. The van der Waals surface area contributed by atoms with E-state index in [-0.39, 0.29) is 0 Å². The molecule has 0 fully saturated rings. The third kappa shape index (κ3) is 5.83. The van der Waals surface area contributed by atoms with E-state index in [1.54, 1.807) is 0 Å². The van der Waals surface area contributed by atoms with E-state index in [4.69, 9.17) is 0 Å². The molecule has 0 heterocycles. The topological polar surface area (TPSA) is 0 Å². The number of benzene rings is 6. The molecule has 0 spiro atoms. The van der Waals surface area contributed by atoms with Gasteiger partial charge in [-0.3, -0.25) is 0 Å². The van der Waals surface area contributed by atoms with E-state index in [0.29, 0.717) is 0 Å². The molecule has 42 heavy (non-hydrogen) atoms. The summed E-state index contributed by atoms with van der Waals surface area (Å²) in [5, 5.41) is 10.5. The van der Waals surface area contributed by atoms with Gasteiger partial charge in [0.25, 0.3) is 0 Å². The van der Waals surface area contributed by atoms with Crippen molar-refractivity contribution in [3.63, 3.8) is 0 Å². The van der Waals surface area contributed by atoms with Crippen molar-refractivity contribution < 1.29 is 20.0 Å². The van der Waals surface area contributed by atoms with Gasteiger partial charge in [-0.05, 0) is 32.7 Å². The van der Waals surface area contributed by atoms with Gasteiger partial charge in [-0.15, -0.1) is 57.9 Å². The van der Waals surface area contributed by atoms with Gasteiger partial charge in [0.15, 0.2) is 0 Å². The van der Waals surface area contributed by atoms with Crippen LogP contribution in [-0.2, 0) is 20.0 Å². The van der Waals surface area contributed by atoms with Crippen molar-refractivity contribution in [3.05, 3.63) is 158 Å². The smallest absolute Gasteiger partial charge is 0.0114 e. The van der Waals surface area contributed by atoms with E-state index in [1.165, 1.54) is 69.2 Å². The summed E-state index contributed by atoms with van der Waals surface area (Å²) < 4.78 is 1.42. The zero-order chi connectivity index (χ0) is 28.9. The van der Waals surface area contributed by atoms with Crippen LogP contribution in [0.15, 0.2) is 158 Å². The molecule has 0 nitrogen and oxygen atoms in total. The zero-order valence-electron chi connectivity index (χ0n) is 24.0. The fourth-order valence-electron chi connectivity index (χ4n) is 5.72. The molecule has 8 aromatic carbocycles. The monoisotopic (exact) mass is 572 g/mol. The predicted octanol–water partition coefficient (Wildman–Crippen LogP) is 11.5. The third-order valence-electron chi connectivity index (χ3n) is 7.52. The molecule has 0 amide bonds. The maximum Gasteiger partial charge on any atom is -0.0114 e. The first kappa shape index (κ1) is 27.8. The van der Waals surface area contributed by atoms with Gasteiger partial charge in [0.2, 0.25) is 0 Å². The molecular formula is C41H32Ti. The van der Waals surface area contributed by atoms with Crippen molar-refractivity contribution in [1.82, 2.24) is 0 Å². The van der Waals surface area contributed by atoms with Gasteiger partial charge in [-0.25, -0.2) is 0 Å². The Hall–Kier alpha value is -4.36. The molecule has 200 valence electrons. The molecule has 0 unspecified atom stereocenters. The first-order valence-corrected chi connectivity index (χ1v) is 15.1. The van der Waals surface area contributed by atoms with E-state index in [2.05, 4.69) is 192 Å². The van der Waals surface area contributed by atoms with Gasteiger partial charge in [0.1, 0.15) is 0 Å². The Morgan fingerprint density at radius 3 is 1.17 bits per heavy atom. The van der Waals surface area contributed by atoms with E-state index >= 15 is 0 Å². The molecule has 0 N–H and O–H groups in total. The summed E-state index contributed by atoms with van der Waals surface area (Å²) in [5.41, 5.74) is 5.27. The van der Waals surface area contributed by atoms with Crippen molar-refractivity contribution in [2.24, 2.45) is 0 Å². The van der Waals surface area contributed by atoms with Crippen molar-refractivity contribution in [2.45, 2.75) is 13.8 Å². The normalized spacial score (nSPS) is 10.8. The molecule has 0 saturated heterocycles. The molecular weight excluding hydrogens is 540 g/mol. The maximum absolute atomic E-state index is 2.21. The maximum atomic E-state index is 2.21. The fraction of sp³-hybridized carbons (Fsp3) is 0.0488. The summed E-state index contributed by atoms with van der Waals surface area (Å²) in [6, 6.07) is 56.2. The minimum absolute atomic E-state index is 1.29.